The Morgan fingerprint density at radius 2 is 2.04 bits per heavy atom. The molecule has 1 saturated heterocycles. The van der Waals surface area contributed by atoms with Gasteiger partial charge >= 0.3 is 0 Å². The zero-order valence-corrected chi connectivity index (χ0v) is 16.8. The highest BCUT2D eigenvalue weighted by molar-refractivity contribution is 14.1. The minimum absolute atomic E-state index is 0.267. The van der Waals surface area contributed by atoms with Crippen LogP contribution in [0.1, 0.15) is 32.1 Å². The highest BCUT2D eigenvalue weighted by atomic mass is 127. The Balaban J connectivity index is 1.41. The first-order valence-electron chi connectivity index (χ1n) is 8.83. The fourth-order valence-electron chi connectivity index (χ4n) is 3.82. The van der Waals surface area contributed by atoms with E-state index in [1.807, 2.05) is 18.1 Å². The molecule has 3 rings (SSSR count). The first-order valence-corrected chi connectivity index (χ1v) is 9.91. The van der Waals surface area contributed by atoms with Crippen molar-refractivity contribution in [3.63, 3.8) is 0 Å². The van der Waals surface area contributed by atoms with Gasteiger partial charge in [0.15, 0.2) is 0 Å². The minimum atomic E-state index is 0.267. The van der Waals surface area contributed by atoms with Gasteiger partial charge in [-0.15, -0.1) is 0 Å². The molecule has 1 aliphatic heterocycles. The van der Waals surface area contributed by atoms with Gasteiger partial charge in [0.2, 0.25) is 5.91 Å². The first kappa shape index (κ1) is 17.9. The molecule has 1 aromatic rings. The summed E-state index contributed by atoms with van der Waals surface area (Å²) in [7, 11) is 4.04. The van der Waals surface area contributed by atoms with Crippen LogP contribution in [0.4, 0.5) is 5.82 Å². The number of hydrogen-bond donors (Lipinski definition) is 0. The van der Waals surface area contributed by atoms with Crippen LogP contribution >= 0.6 is 22.6 Å². The topological polar surface area (TPSA) is 39.7 Å². The van der Waals surface area contributed by atoms with Crippen LogP contribution in [0.25, 0.3) is 0 Å². The normalized spacial score (nSPS) is 25.3. The molecule has 0 radical (unpaired) electrons. The molecule has 6 heteroatoms. The third-order valence-corrected chi connectivity index (χ3v) is 6.10. The Bertz CT molecular complexity index is 557. The van der Waals surface area contributed by atoms with Crippen molar-refractivity contribution in [1.29, 1.82) is 0 Å². The van der Waals surface area contributed by atoms with E-state index in [9.17, 15) is 4.79 Å². The van der Waals surface area contributed by atoms with Gasteiger partial charge in [0.05, 0.1) is 13.2 Å². The molecule has 0 aromatic carbocycles. The molecule has 24 heavy (non-hydrogen) atoms. The second kappa shape index (κ2) is 7.99. The van der Waals surface area contributed by atoms with Crippen LogP contribution in [-0.2, 0) is 4.79 Å². The van der Waals surface area contributed by atoms with Gasteiger partial charge in [-0.2, -0.15) is 0 Å². The summed E-state index contributed by atoms with van der Waals surface area (Å²) < 4.78 is 1.18. The van der Waals surface area contributed by atoms with Crippen molar-refractivity contribution in [3.8, 4) is 0 Å². The number of hydrogen-bond acceptors (Lipinski definition) is 4. The number of carbonyl (C=O) groups excluding carboxylic acids is 1. The van der Waals surface area contributed by atoms with Gasteiger partial charge in [-0.25, -0.2) is 4.98 Å². The van der Waals surface area contributed by atoms with Crippen LogP contribution < -0.4 is 4.90 Å². The summed E-state index contributed by atoms with van der Waals surface area (Å²) in [4.78, 5) is 22.7. The number of amides is 1. The number of pyridine rings is 1. The fraction of sp³-hybridized carbons (Fsp3) is 0.667. The number of likely N-dealkylation sites (N-methyl/N-ethyl adjacent to an activating group) is 1. The largest absolute Gasteiger partial charge is 0.360 e. The first-order chi connectivity index (χ1) is 11.5. The molecule has 1 saturated carbocycles. The smallest absolute Gasteiger partial charge is 0.237 e. The summed E-state index contributed by atoms with van der Waals surface area (Å²) >= 11 is 2.29. The van der Waals surface area contributed by atoms with E-state index in [1.165, 1.54) is 35.7 Å². The van der Waals surface area contributed by atoms with Gasteiger partial charge in [-0.1, -0.05) is 0 Å². The maximum absolute atomic E-state index is 11.7. The maximum Gasteiger partial charge on any atom is 0.237 e. The van der Waals surface area contributed by atoms with E-state index in [-0.39, 0.29) is 5.91 Å². The lowest BCUT2D eigenvalue weighted by Gasteiger charge is -2.34. The predicted octanol–water partition coefficient (Wildman–Crippen LogP) is 2.80. The lowest BCUT2D eigenvalue weighted by atomic mass is 9.83. The number of nitrogens with zero attached hydrogens (tertiary/aromatic N) is 4. The van der Waals surface area contributed by atoms with E-state index in [4.69, 9.17) is 0 Å². The summed E-state index contributed by atoms with van der Waals surface area (Å²) in [5.74, 6) is 2.13. The van der Waals surface area contributed by atoms with Gasteiger partial charge in [-0.05, 0) is 72.7 Å². The SMILES string of the molecule is CN1CN(C2CCC(CCN(C)c3ccc(I)cn3)CC2)CC1=O. The van der Waals surface area contributed by atoms with E-state index in [0.29, 0.717) is 12.6 Å². The van der Waals surface area contributed by atoms with Crippen LogP contribution in [0.5, 0.6) is 0 Å². The van der Waals surface area contributed by atoms with Crippen molar-refractivity contribution in [1.82, 2.24) is 14.8 Å². The Kier molecular flexibility index (Phi) is 5.97. The van der Waals surface area contributed by atoms with Gasteiger partial charge in [0, 0.05) is 36.4 Å². The quantitative estimate of drug-likeness (QED) is 0.658. The third kappa shape index (κ3) is 4.39. The summed E-state index contributed by atoms with van der Waals surface area (Å²) in [6, 6.07) is 4.81. The van der Waals surface area contributed by atoms with Gasteiger partial charge in [-0.3, -0.25) is 9.69 Å². The van der Waals surface area contributed by atoms with Gasteiger partial charge in [0.1, 0.15) is 5.82 Å². The molecule has 0 N–H and O–H groups in total. The summed E-state index contributed by atoms with van der Waals surface area (Å²) in [6.07, 6.45) is 8.19. The number of halogens is 1. The second-order valence-corrected chi connectivity index (χ2v) is 8.45. The standard InChI is InChI=1S/C18H27IN4O/c1-21(17-8-5-15(19)11-20-17)10-9-14-3-6-16(7-4-14)23-12-18(24)22(2)13-23/h5,8,11,14,16H,3-4,6-7,9-10,12-13H2,1-2H3. The molecule has 0 bridgehead atoms. The van der Waals surface area contributed by atoms with E-state index in [0.717, 1.165) is 24.9 Å². The Morgan fingerprint density at radius 3 is 2.62 bits per heavy atom. The van der Waals surface area contributed by atoms with Crippen LogP contribution in [0.3, 0.4) is 0 Å². The molecule has 2 fully saturated rings. The molecular weight excluding hydrogens is 415 g/mol. The molecule has 0 unspecified atom stereocenters. The van der Waals surface area contributed by atoms with Gasteiger partial charge in [0.25, 0.3) is 0 Å². The lowest BCUT2D eigenvalue weighted by molar-refractivity contribution is -0.125. The maximum atomic E-state index is 11.7. The van der Waals surface area contributed by atoms with E-state index < -0.39 is 0 Å². The molecule has 2 aliphatic rings. The van der Waals surface area contributed by atoms with Crippen LogP contribution in [0, 0.1) is 9.49 Å². The van der Waals surface area contributed by atoms with E-state index >= 15 is 0 Å². The van der Waals surface area contributed by atoms with Crippen molar-refractivity contribution in [2.24, 2.45) is 5.92 Å². The molecule has 132 valence electrons. The third-order valence-electron chi connectivity index (χ3n) is 5.47. The van der Waals surface area contributed by atoms with Crippen molar-refractivity contribution in [3.05, 3.63) is 21.9 Å². The zero-order valence-electron chi connectivity index (χ0n) is 14.6. The Hall–Kier alpha value is -0.890. The molecule has 5 nitrogen and oxygen atoms in total. The van der Waals surface area contributed by atoms with Gasteiger partial charge < -0.3 is 9.80 Å². The number of aromatic nitrogens is 1. The minimum Gasteiger partial charge on any atom is -0.360 e. The lowest BCUT2D eigenvalue weighted by Crippen LogP contribution is -2.37. The fourth-order valence-corrected chi connectivity index (χ4v) is 4.14. The molecule has 1 aliphatic carbocycles. The van der Waals surface area contributed by atoms with Crippen molar-refractivity contribution in [2.45, 2.75) is 38.1 Å². The van der Waals surface area contributed by atoms with E-state index in [1.54, 1.807) is 0 Å². The number of carbonyl (C=O) groups is 1. The number of anilines is 1. The zero-order chi connectivity index (χ0) is 17.1. The molecular formula is C18H27IN4O. The van der Waals surface area contributed by atoms with Crippen LogP contribution in [-0.4, -0.2) is 60.6 Å². The van der Waals surface area contributed by atoms with Crippen molar-refractivity contribution in [2.75, 3.05) is 38.8 Å². The van der Waals surface area contributed by atoms with Crippen molar-refractivity contribution < 1.29 is 4.79 Å². The molecule has 2 heterocycles. The average molecular weight is 442 g/mol. The summed E-state index contributed by atoms with van der Waals surface area (Å²) in [5, 5.41) is 0. The highest BCUT2D eigenvalue weighted by Gasteiger charge is 2.32. The molecule has 1 aromatic heterocycles. The van der Waals surface area contributed by atoms with E-state index in [2.05, 4.69) is 56.6 Å². The number of rotatable bonds is 5. The second-order valence-electron chi connectivity index (χ2n) is 7.20. The predicted molar refractivity (Wildman–Crippen MR) is 105 cm³/mol. The molecule has 0 spiro atoms. The summed E-state index contributed by atoms with van der Waals surface area (Å²) in [6.45, 7) is 2.50. The van der Waals surface area contributed by atoms with Crippen molar-refractivity contribution >= 4 is 34.3 Å². The highest BCUT2D eigenvalue weighted by Crippen LogP contribution is 2.31. The average Bonchev–Trinajstić information content (AvgIpc) is 2.93. The monoisotopic (exact) mass is 442 g/mol. The van der Waals surface area contributed by atoms with Crippen LogP contribution in [0.2, 0.25) is 0 Å². The Morgan fingerprint density at radius 1 is 1.29 bits per heavy atom. The molecule has 1 amide bonds. The molecule has 0 atom stereocenters. The van der Waals surface area contributed by atoms with Crippen LogP contribution in [0.15, 0.2) is 18.3 Å². The summed E-state index contributed by atoms with van der Waals surface area (Å²) in [5.41, 5.74) is 0. The Labute approximate surface area is 158 Å².